The van der Waals surface area contributed by atoms with E-state index >= 15 is 0 Å². The van der Waals surface area contributed by atoms with Crippen LogP contribution in [0.15, 0.2) is 6.20 Å². The number of esters is 1. The molecule has 0 amide bonds. The van der Waals surface area contributed by atoms with Gasteiger partial charge in [-0.25, -0.2) is 4.79 Å². The van der Waals surface area contributed by atoms with E-state index in [4.69, 9.17) is 5.73 Å². The van der Waals surface area contributed by atoms with Gasteiger partial charge in [-0.2, -0.15) is 5.10 Å². The van der Waals surface area contributed by atoms with E-state index in [-0.39, 0.29) is 11.7 Å². The molecule has 0 unspecified atom stereocenters. The van der Waals surface area contributed by atoms with Crippen molar-refractivity contribution >= 4 is 11.7 Å². The second-order valence-electron chi connectivity index (χ2n) is 3.00. The van der Waals surface area contributed by atoms with Crippen molar-refractivity contribution in [1.82, 2.24) is 9.78 Å². The van der Waals surface area contributed by atoms with Crippen LogP contribution in [-0.4, -0.2) is 22.9 Å². The summed E-state index contributed by atoms with van der Waals surface area (Å²) in [4.78, 5) is 11.1. The molecule has 1 heterocycles. The van der Waals surface area contributed by atoms with Gasteiger partial charge in [-0.1, -0.05) is 0 Å². The average Bonchev–Trinajstić information content (AvgIpc) is 2.46. The van der Waals surface area contributed by atoms with Crippen molar-refractivity contribution in [2.24, 2.45) is 0 Å². The first kappa shape index (κ1) is 9.57. The van der Waals surface area contributed by atoms with Gasteiger partial charge in [0.2, 0.25) is 0 Å². The Hall–Kier alpha value is -1.52. The van der Waals surface area contributed by atoms with Gasteiger partial charge in [0.15, 0.2) is 5.69 Å². The first-order chi connectivity index (χ1) is 6.06. The highest BCUT2D eigenvalue weighted by Crippen LogP contribution is 2.13. The van der Waals surface area contributed by atoms with Crippen molar-refractivity contribution in [3.8, 4) is 0 Å². The number of hydrogen-bond donors (Lipinski definition) is 1. The zero-order valence-corrected chi connectivity index (χ0v) is 7.94. The number of hydrogen-bond acceptors (Lipinski definition) is 4. The lowest BCUT2D eigenvalue weighted by Gasteiger charge is -2.02. The molecule has 5 nitrogen and oxygen atoms in total. The molecule has 0 saturated carbocycles. The summed E-state index contributed by atoms with van der Waals surface area (Å²) in [6.07, 6.45) is 1.62. The highest BCUT2D eigenvalue weighted by molar-refractivity contribution is 5.92. The van der Waals surface area contributed by atoms with Gasteiger partial charge < -0.3 is 10.5 Å². The van der Waals surface area contributed by atoms with Gasteiger partial charge in [-0.05, 0) is 13.8 Å². The average molecular weight is 183 g/mol. The molecular weight excluding hydrogens is 170 g/mol. The Kier molecular flexibility index (Phi) is 2.55. The lowest BCUT2D eigenvalue weighted by atomic mass is 10.4. The lowest BCUT2D eigenvalue weighted by Crippen LogP contribution is -2.07. The molecule has 13 heavy (non-hydrogen) atoms. The first-order valence-corrected chi connectivity index (χ1v) is 3.99. The minimum absolute atomic E-state index is 0.177. The number of methoxy groups -OCH3 is 1. The summed E-state index contributed by atoms with van der Waals surface area (Å²) >= 11 is 0. The van der Waals surface area contributed by atoms with E-state index in [1.54, 1.807) is 10.9 Å². The largest absolute Gasteiger partial charge is 0.464 e. The number of aromatic nitrogens is 2. The van der Waals surface area contributed by atoms with Crippen molar-refractivity contribution in [2.75, 3.05) is 12.8 Å². The molecule has 0 aliphatic rings. The van der Waals surface area contributed by atoms with E-state index < -0.39 is 5.97 Å². The van der Waals surface area contributed by atoms with Crippen LogP contribution in [0.1, 0.15) is 30.4 Å². The van der Waals surface area contributed by atoms with Crippen LogP contribution < -0.4 is 5.73 Å². The summed E-state index contributed by atoms with van der Waals surface area (Å²) in [5.41, 5.74) is 6.10. The van der Waals surface area contributed by atoms with E-state index in [2.05, 4.69) is 9.84 Å². The Morgan fingerprint density at radius 2 is 2.31 bits per heavy atom. The Balaban J connectivity index is 3.03. The summed E-state index contributed by atoms with van der Waals surface area (Å²) < 4.78 is 6.14. The maximum atomic E-state index is 11.1. The van der Waals surface area contributed by atoms with Gasteiger partial charge in [-0.3, -0.25) is 4.68 Å². The topological polar surface area (TPSA) is 70.1 Å². The molecule has 0 bridgehead atoms. The number of nitrogen functional groups attached to an aromatic ring is 1. The van der Waals surface area contributed by atoms with Gasteiger partial charge in [0.1, 0.15) is 0 Å². The standard InChI is InChI=1S/C8H13N3O2/c1-5(2)11-4-6(9)7(10-11)8(12)13-3/h4-5H,9H2,1-3H3. The number of carbonyl (C=O) groups is 1. The van der Waals surface area contributed by atoms with Gasteiger partial charge in [0.05, 0.1) is 12.8 Å². The number of nitrogens with zero attached hydrogens (tertiary/aromatic N) is 2. The van der Waals surface area contributed by atoms with Crippen molar-refractivity contribution in [2.45, 2.75) is 19.9 Å². The second-order valence-corrected chi connectivity index (χ2v) is 3.00. The maximum Gasteiger partial charge on any atom is 0.360 e. The van der Waals surface area contributed by atoms with E-state index in [0.717, 1.165) is 0 Å². The summed E-state index contributed by atoms with van der Waals surface area (Å²) in [5, 5.41) is 4.00. The molecule has 0 atom stereocenters. The quantitative estimate of drug-likeness (QED) is 0.689. The lowest BCUT2D eigenvalue weighted by molar-refractivity contribution is 0.0594. The van der Waals surface area contributed by atoms with Crippen molar-refractivity contribution < 1.29 is 9.53 Å². The van der Waals surface area contributed by atoms with Crippen LogP contribution in [0, 0.1) is 0 Å². The molecule has 1 aromatic heterocycles. The van der Waals surface area contributed by atoms with Gasteiger partial charge in [-0.15, -0.1) is 0 Å². The molecular formula is C8H13N3O2. The molecule has 2 N–H and O–H groups in total. The molecule has 0 aliphatic carbocycles. The number of carbonyl (C=O) groups excluding carboxylic acids is 1. The SMILES string of the molecule is COC(=O)c1nn(C(C)C)cc1N. The highest BCUT2D eigenvalue weighted by atomic mass is 16.5. The number of ether oxygens (including phenoxy) is 1. The Labute approximate surface area is 76.5 Å². The van der Waals surface area contributed by atoms with Crippen molar-refractivity contribution in [3.63, 3.8) is 0 Å². The summed E-state index contributed by atoms with van der Waals surface area (Å²) in [5.74, 6) is -0.503. The van der Waals surface area contributed by atoms with E-state index in [1.165, 1.54) is 7.11 Å². The first-order valence-electron chi connectivity index (χ1n) is 3.99. The Morgan fingerprint density at radius 3 is 2.69 bits per heavy atom. The predicted octanol–water partition coefficient (Wildman–Crippen LogP) is 0.833. The molecule has 1 aromatic rings. The number of rotatable bonds is 2. The normalized spacial score (nSPS) is 10.5. The molecule has 1 rings (SSSR count). The molecule has 0 saturated heterocycles. The summed E-state index contributed by atoms with van der Waals surface area (Å²) in [7, 11) is 1.30. The van der Waals surface area contributed by atoms with Gasteiger partial charge in [0, 0.05) is 12.2 Å². The van der Waals surface area contributed by atoms with Crippen LogP contribution in [0.4, 0.5) is 5.69 Å². The second kappa shape index (κ2) is 3.47. The number of nitrogens with two attached hydrogens (primary N) is 1. The minimum Gasteiger partial charge on any atom is -0.464 e. The zero-order chi connectivity index (χ0) is 10.0. The highest BCUT2D eigenvalue weighted by Gasteiger charge is 2.15. The van der Waals surface area contributed by atoms with Crippen molar-refractivity contribution in [1.29, 1.82) is 0 Å². The zero-order valence-electron chi connectivity index (χ0n) is 7.94. The Bertz CT molecular complexity index is 317. The Morgan fingerprint density at radius 1 is 1.69 bits per heavy atom. The molecule has 0 aliphatic heterocycles. The van der Waals surface area contributed by atoms with Crippen LogP contribution in [0.2, 0.25) is 0 Å². The van der Waals surface area contributed by atoms with Crippen LogP contribution in [-0.2, 0) is 4.74 Å². The third kappa shape index (κ3) is 1.80. The minimum atomic E-state index is -0.503. The van der Waals surface area contributed by atoms with Gasteiger partial charge >= 0.3 is 5.97 Å². The predicted molar refractivity (Wildman–Crippen MR) is 48.4 cm³/mol. The fourth-order valence-electron chi connectivity index (χ4n) is 0.926. The van der Waals surface area contributed by atoms with E-state index in [9.17, 15) is 4.79 Å². The maximum absolute atomic E-state index is 11.1. The molecule has 0 aromatic carbocycles. The van der Waals surface area contributed by atoms with Crippen molar-refractivity contribution in [3.05, 3.63) is 11.9 Å². The van der Waals surface area contributed by atoms with Crippen LogP contribution in [0.5, 0.6) is 0 Å². The number of anilines is 1. The van der Waals surface area contributed by atoms with E-state index in [1.807, 2.05) is 13.8 Å². The fraction of sp³-hybridized carbons (Fsp3) is 0.500. The molecule has 0 fully saturated rings. The third-order valence-corrected chi connectivity index (χ3v) is 1.67. The summed E-state index contributed by atoms with van der Waals surface area (Å²) in [6.45, 7) is 3.90. The van der Waals surface area contributed by atoms with Crippen LogP contribution in [0.3, 0.4) is 0 Å². The molecule has 0 spiro atoms. The molecule has 0 radical (unpaired) electrons. The van der Waals surface area contributed by atoms with Crippen LogP contribution in [0.25, 0.3) is 0 Å². The molecule has 72 valence electrons. The van der Waals surface area contributed by atoms with Crippen LogP contribution >= 0.6 is 0 Å². The fourth-order valence-corrected chi connectivity index (χ4v) is 0.926. The summed E-state index contributed by atoms with van der Waals surface area (Å²) in [6, 6.07) is 0.181. The third-order valence-electron chi connectivity index (χ3n) is 1.67. The molecule has 5 heteroatoms. The van der Waals surface area contributed by atoms with Gasteiger partial charge in [0.25, 0.3) is 0 Å². The monoisotopic (exact) mass is 183 g/mol. The smallest absolute Gasteiger partial charge is 0.360 e. The van der Waals surface area contributed by atoms with E-state index in [0.29, 0.717) is 5.69 Å².